The number of nitrogens with zero attached hydrogens (tertiary/aromatic N) is 3. The van der Waals surface area contributed by atoms with E-state index in [1.54, 1.807) is 12.1 Å². The molecule has 0 atom stereocenters. The molecule has 7 nitrogen and oxygen atoms in total. The molecule has 0 bridgehead atoms. The average molecular weight is 394 g/mol. The molecule has 0 amide bonds. The Labute approximate surface area is 157 Å². The summed E-state index contributed by atoms with van der Waals surface area (Å²) in [6, 6.07) is 9.97. The van der Waals surface area contributed by atoms with E-state index in [1.165, 1.54) is 30.3 Å². The van der Waals surface area contributed by atoms with Gasteiger partial charge in [-0.15, -0.1) is 0 Å². The van der Waals surface area contributed by atoms with Crippen molar-refractivity contribution in [3.05, 3.63) is 74.8 Å². The van der Waals surface area contributed by atoms with Crippen LogP contribution >= 0.6 is 23.2 Å². The first kappa shape index (κ1) is 17.8. The van der Waals surface area contributed by atoms with Gasteiger partial charge in [0.1, 0.15) is 12.1 Å². The van der Waals surface area contributed by atoms with E-state index in [2.05, 4.69) is 20.6 Å². The summed E-state index contributed by atoms with van der Waals surface area (Å²) in [5, 5.41) is 17.8. The highest BCUT2D eigenvalue weighted by molar-refractivity contribution is 6.36. The molecular formula is C16H10Cl2FN5O2. The van der Waals surface area contributed by atoms with Crippen LogP contribution in [0.1, 0.15) is 0 Å². The lowest BCUT2D eigenvalue weighted by atomic mass is 10.3. The molecule has 0 saturated carbocycles. The van der Waals surface area contributed by atoms with Gasteiger partial charge in [-0.3, -0.25) is 10.1 Å². The highest BCUT2D eigenvalue weighted by Crippen LogP contribution is 2.35. The van der Waals surface area contributed by atoms with Crippen LogP contribution in [-0.2, 0) is 0 Å². The number of rotatable bonds is 5. The molecule has 10 heteroatoms. The van der Waals surface area contributed by atoms with Crippen LogP contribution in [0, 0.1) is 15.9 Å². The standard InChI is InChI=1S/C16H10Cl2FN5O2/c17-9-1-6-13(12(18)7-9)23-16-14(24(25)26)15(20-8-21-16)22-11-4-2-10(19)3-5-11/h1-8H,(H2,20,21,22,23). The monoisotopic (exact) mass is 393 g/mol. The molecule has 1 heterocycles. The van der Waals surface area contributed by atoms with Crippen LogP contribution in [0.4, 0.5) is 33.1 Å². The largest absolute Gasteiger partial charge is 0.353 e. The maximum atomic E-state index is 13.0. The molecule has 3 rings (SSSR count). The van der Waals surface area contributed by atoms with E-state index in [0.29, 0.717) is 16.4 Å². The van der Waals surface area contributed by atoms with Crippen LogP contribution < -0.4 is 10.6 Å². The van der Waals surface area contributed by atoms with Crippen molar-refractivity contribution in [2.24, 2.45) is 0 Å². The van der Waals surface area contributed by atoms with Gasteiger partial charge in [0.15, 0.2) is 0 Å². The van der Waals surface area contributed by atoms with Crippen molar-refractivity contribution in [1.29, 1.82) is 0 Å². The second-order valence-corrected chi connectivity index (χ2v) is 5.90. The Morgan fingerprint density at radius 3 is 2.27 bits per heavy atom. The minimum Gasteiger partial charge on any atom is -0.334 e. The maximum Gasteiger partial charge on any atom is 0.353 e. The number of benzene rings is 2. The summed E-state index contributed by atoms with van der Waals surface area (Å²) in [5.74, 6) is -0.532. The second kappa shape index (κ2) is 7.51. The third kappa shape index (κ3) is 3.98. The lowest BCUT2D eigenvalue weighted by Crippen LogP contribution is -2.05. The Bertz CT molecular complexity index is 969. The number of halogens is 3. The number of nitrogens with one attached hydrogen (secondary N) is 2. The fourth-order valence-electron chi connectivity index (χ4n) is 2.12. The third-order valence-electron chi connectivity index (χ3n) is 3.30. The first-order valence-corrected chi connectivity index (χ1v) is 7.93. The summed E-state index contributed by atoms with van der Waals surface area (Å²) in [6.07, 6.45) is 1.16. The van der Waals surface area contributed by atoms with Crippen molar-refractivity contribution in [2.45, 2.75) is 0 Å². The van der Waals surface area contributed by atoms with E-state index in [-0.39, 0.29) is 22.3 Å². The van der Waals surface area contributed by atoms with Gasteiger partial charge in [0.2, 0.25) is 11.6 Å². The Hall–Kier alpha value is -2.97. The Morgan fingerprint density at radius 1 is 1.00 bits per heavy atom. The topological polar surface area (TPSA) is 93.0 Å². The van der Waals surface area contributed by atoms with E-state index in [9.17, 15) is 14.5 Å². The summed E-state index contributed by atoms with van der Waals surface area (Å²) < 4.78 is 13.0. The normalized spacial score (nSPS) is 10.4. The molecule has 0 spiro atoms. The molecule has 132 valence electrons. The van der Waals surface area contributed by atoms with E-state index in [1.807, 2.05) is 0 Å². The van der Waals surface area contributed by atoms with E-state index in [0.717, 1.165) is 6.33 Å². The lowest BCUT2D eigenvalue weighted by molar-refractivity contribution is -0.383. The number of nitro groups is 1. The van der Waals surface area contributed by atoms with Crippen LogP contribution in [0.15, 0.2) is 48.8 Å². The van der Waals surface area contributed by atoms with Crippen LogP contribution in [0.2, 0.25) is 10.0 Å². The minimum absolute atomic E-state index is 0.0517. The number of aromatic nitrogens is 2. The SMILES string of the molecule is O=[N+]([O-])c1c(Nc2ccc(F)cc2)ncnc1Nc1ccc(Cl)cc1Cl. The number of anilines is 4. The summed E-state index contributed by atoms with van der Waals surface area (Å²) in [4.78, 5) is 18.7. The van der Waals surface area contributed by atoms with Gasteiger partial charge in [-0.25, -0.2) is 14.4 Å². The van der Waals surface area contributed by atoms with Gasteiger partial charge in [0.25, 0.3) is 0 Å². The summed E-state index contributed by atoms with van der Waals surface area (Å²) in [5.41, 5.74) is 0.442. The highest BCUT2D eigenvalue weighted by atomic mass is 35.5. The van der Waals surface area contributed by atoms with Crippen LogP contribution in [0.3, 0.4) is 0 Å². The van der Waals surface area contributed by atoms with Gasteiger partial charge in [0, 0.05) is 10.7 Å². The van der Waals surface area contributed by atoms with E-state index in [4.69, 9.17) is 23.2 Å². The first-order valence-electron chi connectivity index (χ1n) is 7.18. The predicted octanol–water partition coefficient (Wildman–Crippen LogP) is 5.32. The lowest BCUT2D eigenvalue weighted by Gasteiger charge is -2.11. The van der Waals surface area contributed by atoms with Gasteiger partial charge in [-0.1, -0.05) is 23.2 Å². The zero-order chi connectivity index (χ0) is 18.7. The molecule has 0 unspecified atom stereocenters. The van der Waals surface area contributed by atoms with Crippen molar-refractivity contribution in [1.82, 2.24) is 9.97 Å². The zero-order valence-corrected chi connectivity index (χ0v) is 14.4. The maximum absolute atomic E-state index is 13.0. The van der Waals surface area contributed by atoms with Gasteiger partial charge in [0.05, 0.1) is 15.6 Å². The quantitative estimate of drug-likeness (QED) is 0.450. The Kier molecular flexibility index (Phi) is 5.15. The molecule has 26 heavy (non-hydrogen) atoms. The van der Waals surface area contributed by atoms with Crippen LogP contribution in [0.5, 0.6) is 0 Å². The Morgan fingerprint density at radius 2 is 1.65 bits per heavy atom. The molecule has 0 aliphatic heterocycles. The average Bonchev–Trinajstić information content (AvgIpc) is 2.59. The minimum atomic E-state index is -0.627. The second-order valence-electron chi connectivity index (χ2n) is 5.06. The van der Waals surface area contributed by atoms with Crippen LogP contribution in [0.25, 0.3) is 0 Å². The third-order valence-corrected chi connectivity index (χ3v) is 3.84. The predicted molar refractivity (Wildman–Crippen MR) is 98.1 cm³/mol. The van der Waals surface area contributed by atoms with Crippen molar-refractivity contribution < 1.29 is 9.31 Å². The van der Waals surface area contributed by atoms with Gasteiger partial charge >= 0.3 is 5.69 Å². The van der Waals surface area contributed by atoms with Gasteiger partial charge < -0.3 is 10.6 Å². The zero-order valence-electron chi connectivity index (χ0n) is 12.9. The molecule has 2 N–H and O–H groups in total. The van der Waals surface area contributed by atoms with Crippen molar-refractivity contribution in [3.8, 4) is 0 Å². The van der Waals surface area contributed by atoms with Crippen molar-refractivity contribution >= 4 is 51.9 Å². The fraction of sp³-hybridized carbons (Fsp3) is 0. The van der Waals surface area contributed by atoms with Gasteiger partial charge in [-0.2, -0.15) is 0 Å². The number of hydrogen-bond donors (Lipinski definition) is 2. The molecule has 1 aromatic heterocycles. The van der Waals surface area contributed by atoms with E-state index >= 15 is 0 Å². The Balaban J connectivity index is 1.98. The molecule has 0 aliphatic rings. The summed E-state index contributed by atoms with van der Waals surface area (Å²) in [7, 11) is 0. The van der Waals surface area contributed by atoms with Gasteiger partial charge in [-0.05, 0) is 42.5 Å². The molecule has 0 aliphatic carbocycles. The van der Waals surface area contributed by atoms with Crippen molar-refractivity contribution in [3.63, 3.8) is 0 Å². The first-order chi connectivity index (χ1) is 12.4. The summed E-state index contributed by atoms with van der Waals surface area (Å²) in [6.45, 7) is 0. The molecule has 0 fully saturated rings. The van der Waals surface area contributed by atoms with Crippen molar-refractivity contribution in [2.75, 3.05) is 10.6 Å². The number of hydrogen-bond acceptors (Lipinski definition) is 6. The highest BCUT2D eigenvalue weighted by Gasteiger charge is 2.24. The molecular weight excluding hydrogens is 384 g/mol. The molecule has 0 radical (unpaired) electrons. The smallest absolute Gasteiger partial charge is 0.334 e. The molecule has 0 saturated heterocycles. The van der Waals surface area contributed by atoms with Crippen LogP contribution in [-0.4, -0.2) is 14.9 Å². The molecule has 2 aromatic carbocycles. The summed E-state index contributed by atoms with van der Waals surface area (Å²) >= 11 is 11.9. The fourth-order valence-corrected chi connectivity index (χ4v) is 2.58. The molecule has 3 aromatic rings. The van der Waals surface area contributed by atoms with E-state index < -0.39 is 10.7 Å².